The Labute approximate surface area is 212 Å². The molecule has 2 aliphatic rings. The van der Waals surface area contributed by atoms with Crippen LogP contribution in [0.15, 0.2) is 60.7 Å². The van der Waals surface area contributed by atoms with Gasteiger partial charge in [-0.05, 0) is 78.3 Å². The molecule has 0 radical (unpaired) electrons. The van der Waals surface area contributed by atoms with E-state index in [1.807, 2.05) is 67.3 Å². The number of amides is 1. The molecule has 0 spiro atoms. The Bertz CT molecular complexity index is 910. The van der Waals surface area contributed by atoms with E-state index >= 15 is 0 Å². The number of rotatable bonds is 5. The molecular formula is C29H42BNO4. The van der Waals surface area contributed by atoms with Crippen molar-refractivity contribution in [2.24, 2.45) is 5.92 Å². The summed E-state index contributed by atoms with van der Waals surface area (Å²) in [6.45, 7) is 14.7. The maximum atomic E-state index is 12.7. The molecule has 2 atom stereocenters. The summed E-state index contributed by atoms with van der Waals surface area (Å²) >= 11 is 0. The third-order valence-corrected chi connectivity index (χ3v) is 7.43. The first-order valence-corrected chi connectivity index (χ1v) is 12.8. The van der Waals surface area contributed by atoms with Gasteiger partial charge in [-0.15, -0.1) is 0 Å². The fraction of sp³-hybridized carbons (Fsp3) is 0.552. The van der Waals surface area contributed by atoms with Gasteiger partial charge >= 0.3 is 7.12 Å². The molecule has 0 aromatic heterocycles. The number of carbonyl (C=O) groups is 1. The van der Waals surface area contributed by atoms with E-state index in [0.29, 0.717) is 12.8 Å². The highest BCUT2D eigenvalue weighted by Crippen LogP contribution is 2.37. The minimum atomic E-state index is -0.720. The second-order valence-corrected chi connectivity index (χ2v) is 11.5. The quantitative estimate of drug-likeness (QED) is 0.604. The van der Waals surface area contributed by atoms with Crippen LogP contribution < -0.4 is 5.46 Å². The third kappa shape index (κ3) is 7.19. The van der Waals surface area contributed by atoms with Gasteiger partial charge in [0.2, 0.25) is 5.91 Å². The fourth-order valence-corrected chi connectivity index (χ4v) is 4.68. The highest BCUT2D eigenvalue weighted by molar-refractivity contribution is 6.62. The molecule has 0 bridgehead atoms. The smallest absolute Gasteiger partial charge is 0.399 e. The first-order chi connectivity index (χ1) is 16.3. The van der Waals surface area contributed by atoms with E-state index in [4.69, 9.17) is 9.31 Å². The van der Waals surface area contributed by atoms with Crippen molar-refractivity contribution < 1.29 is 19.2 Å². The van der Waals surface area contributed by atoms with Crippen LogP contribution in [-0.4, -0.2) is 46.4 Å². The van der Waals surface area contributed by atoms with E-state index < -0.39 is 5.60 Å². The van der Waals surface area contributed by atoms with Gasteiger partial charge in [-0.2, -0.15) is 0 Å². The zero-order valence-corrected chi connectivity index (χ0v) is 22.5. The van der Waals surface area contributed by atoms with Crippen LogP contribution in [0.3, 0.4) is 0 Å². The van der Waals surface area contributed by atoms with Crippen molar-refractivity contribution in [1.82, 2.24) is 4.90 Å². The standard InChI is InChI=1S/C23H36BNO4.C6H6/c1-16(25-13-12-17(14-20(25)26)15-21(2,3)27)18-8-10-19(11-9-18)24-28-22(4,5)23(6,7)29-24;1-2-4-6-5-3-1/h8-11,16-17,27H,12-15H2,1-7H3;1-6H. The van der Waals surface area contributed by atoms with Crippen molar-refractivity contribution in [2.45, 2.75) is 90.6 Å². The summed E-state index contributed by atoms with van der Waals surface area (Å²) in [7, 11) is -0.372. The topological polar surface area (TPSA) is 59.0 Å². The van der Waals surface area contributed by atoms with Crippen molar-refractivity contribution >= 4 is 18.5 Å². The number of carbonyl (C=O) groups excluding carboxylic acids is 1. The molecule has 0 aliphatic carbocycles. The van der Waals surface area contributed by atoms with E-state index in [-0.39, 0.29) is 36.2 Å². The van der Waals surface area contributed by atoms with Crippen molar-refractivity contribution in [3.63, 3.8) is 0 Å². The molecular weight excluding hydrogens is 437 g/mol. The van der Waals surface area contributed by atoms with Crippen LogP contribution in [0.25, 0.3) is 0 Å². The second kappa shape index (κ2) is 10.9. The van der Waals surface area contributed by atoms with Gasteiger partial charge in [-0.1, -0.05) is 60.7 Å². The summed E-state index contributed by atoms with van der Waals surface area (Å²) in [6, 6.07) is 20.2. The number of likely N-dealkylation sites (tertiary alicyclic amines) is 1. The van der Waals surface area contributed by atoms with Crippen LogP contribution in [0, 0.1) is 5.92 Å². The zero-order chi connectivity index (χ0) is 25.9. The monoisotopic (exact) mass is 479 g/mol. The molecule has 2 fully saturated rings. The van der Waals surface area contributed by atoms with E-state index in [1.54, 1.807) is 0 Å². The summed E-state index contributed by atoms with van der Waals surface area (Å²) in [5, 5.41) is 10.0. The van der Waals surface area contributed by atoms with Gasteiger partial charge in [0.25, 0.3) is 0 Å². The average molecular weight is 479 g/mol. The van der Waals surface area contributed by atoms with Crippen molar-refractivity contribution in [2.75, 3.05) is 6.54 Å². The minimum Gasteiger partial charge on any atom is -0.399 e. The third-order valence-electron chi connectivity index (χ3n) is 7.43. The normalized spacial score (nSPS) is 22.4. The Kier molecular flexibility index (Phi) is 8.51. The number of benzene rings is 2. The zero-order valence-electron chi connectivity index (χ0n) is 22.5. The van der Waals surface area contributed by atoms with Gasteiger partial charge in [0.15, 0.2) is 0 Å². The Hall–Kier alpha value is -2.15. The van der Waals surface area contributed by atoms with Gasteiger partial charge in [0.1, 0.15) is 0 Å². The fourth-order valence-electron chi connectivity index (χ4n) is 4.68. The molecule has 0 saturated carbocycles. The molecule has 2 aromatic rings. The predicted octanol–water partition coefficient (Wildman–Crippen LogP) is 5.13. The van der Waals surface area contributed by atoms with Crippen LogP contribution in [0.5, 0.6) is 0 Å². The number of hydrogen-bond acceptors (Lipinski definition) is 4. The van der Waals surface area contributed by atoms with Crippen LogP contribution >= 0.6 is 0 Å². The van der Waals surface area contributed by atoms with Gasteiger partial charge in [0.05, 0.1) is 22.8 Å². The Morgan fingerprint density at radius 2 is 1.49 bits per heavy atom. The number of hydrogen-bond donors (Lipinski definition) is 1. The Morgan fingerprint density at radius 1 is 1.00 bits per heavy atom. The summed E-state index contributed by atoms with van der Waals surface area (Å²) < 4.78 is 12.3. The maximum Gasteiger partial charge on any atom is 0.494 e. The first-order valence-electron chi connectivity index (χ1n) is 12.8. The second-order valence-electron chi connectivity index (χ2n) is 11.5. The predicted molar refractivity (Wildman–Crippen MR) is 142 cm³/mol. The molecule has 2 aliphatic heterocycles. The molecule has 2 heterocycles. The molecule has 5 nitrogen and oxygen atoms in total. The van der Waals surface area contributed by atoms with Crippen molar-refractivity contribution in [3.05, 3.63) is 66.2 Å². The largest absolute Gasteiger partial charge is 0.494 e. The molecule has 1 amide bonds. The minimum absolute atomic E-state index is 0.0259. The highest BCUT2D eigenvalue weighted by atomic mass is 16.7. The molecule has 2 saturated heterocycles. The van der Waals surface area contributed by atoms with Gasteiger partial charge < -0.3 is 19.3 Å². The summed E-state index contributed by atoms with van der Waals surface area (Å²) in [5.74, 6) is 0.435. The van der Waals surface area contributed by atoms with Crippen LogP contribution in [0.2, 0.25) is 0 Å². The molecule has 1 N–H and O–H groups in total. The van der Waals surface area contributed by atoms with Crippen molar-refractivity contribution in [3.8, 4) is 0 Å². The molecule has 6 heteroatoms. The van der Waals surface area contributed by atoms with Crippen LogP contribution in [0.1, 0.15) is 79.3 Å². The van der Waals surface area contributed by atoms with E-state index in [2.05, 4.69) is 46.8 Å². The van der Waals surface area contributed by atoms with E-state index in [1.165, 1.54) is 0 Å². The van der Waals surface area contributed by atoms with Gasteiger partial charge in [-0.3, -0.25) is 4.79 Å². The molecule has 2 aromatic carbocycles. The number of aliphatic hydroxyl groups is 1. The van der Waals surface area contributed by atoms with Crippen LogP contribution in [-0.2, 0) is 14.1 Å². The summed E-state index contributed by atoms with van der Waals surface area (Å²) in [4.78, 5) is 14.7. The van der Waals surface area contributed by atoms with Crippen molar-refractivity contribution in [1.29, 1.82) is 0 Å². The van der Waals surface area contributed by atoms with E-state index in [0.717, 1.165) is 24.0 Å². The highest BCUT2D eigenvalue weighted by Gasteiger charge is 2.51. The lowest BCUT2D eigenvalue weighted by Gasteiger charge is -2.37. The SMILES string of the molecule is CC(c1ccc(B2OC(C)(C)C(C)(C)O2)cc1)N1CCC(CC(C)(C)O)CC1=O.c1ccccc1. The van der Waals surface area contributed by atoms with Gasteiger partial charge in [-0.25, -0.2) is 0 Å². The molecule has 2 unspecified atom stereocenters. The lowest BCUT2D eigenvalue weighted by molar-refractivity contribution is -0.138. The van der Waals surface area contributed by atoms with E-state index in [9.17, 15) is 9.90 Å². The van der Waals surface area contributed by atoms with Gasteiger partial charge in [0, 0.05) is 13.0 Å². The molecule has 190 valence electrons. The average Bonchev–Trinajstić information content (AvgIpc) is 3.01. The summed E-state index contributed by atoms with van der Waals surface area (Å²) in [6.07, 6.45) is 2.12. The first kappa shape index (κ1) is 27.4. The lowest BCUT2D eigenvalue weighted by Crippen LogP contribution is -2.42. The Balaban J connectivity index is 0.000000497. The lowest BCUT2D eigenvalue weighted by atomic mass is 9.78. The molecule has 4 rings (SSSR count). The van der Waals surface area contributed by atoms with Crippen LogP contribution in [0.4, 0.5) is 0 Å². The Morgan fingerprint density at radius 3 is 1.91 bits per heavy atom. The summed E-state index contributed by atoms with van der Waals surface area (Å²) in [5.41, 5.74) is 0.671. The maximum absolute atomic E-state index is 12.7. The molecule has 35 heavy (non-hydrogen) atoms. The number of nitrogens with zero attached hydrogens (tertiary/aromatic N) is 1. The number of piperidine rings is 1.